The van der Waals surface area contributed by atoms with Gasteiger partial charge in [0.1, 0.15) is 66.6 Å². The maximum absolute atomic E-state index is 12.8. The van der Waals surface area contributed by atoms with E-state index in [1.165, 1.54) is 12.5 Å². The molecule has 17 heteroatoms. The first-order valence-corrected chi connectivity index (χ1v) is 22.9. The van der Waals surface area contributed by atoms with Gasteiger partial charge in [-0.1, -0.05) is 39.3 Å². The molecule has 0 bridgehead atoms. The van der Waals surface area contributed by atoms with Gasteiger partial charge in [-0.3, -0.25) is 0 Å². The number of fused-ring (bicyclic) bond motifs is 7. The van der Waals surface area contributed by atoms with E-state index in [2.05, 4.69) is 33.8 Å². The van der Waals surface area contributed by atoms with Gasteiger partial charge in [0.05, 0.1) is 38.1 Å². The van der Waals surface area contributed by atoms with Gasteiger partial charge >= 0.3 is 0 Å². The molecule has 348 valence electrons. The summed E-state index contributed by atoms with van der Waals surface area (Å²) >= 11 is 0. The summed E-state index contributed by atoms with van der Waals surface area (Å²) in [5, 5.41) is 97.6. The van der Waals surface area contributed by atoms with Crippen molar-refractivity contribution in [1.82, 2.24) is 0 Å². The van der Waals surface area contributed by atoms with Crippen LogP contribution in [0.3, 0.4) is 0 Å². The number of ether oxygens (including phenoxy) is 8. The molecule has 0 radical (unpaired) electrons. The standard InChI is InChI=1S/C44H70O17/c1-19-8-13-43(54-18-19)21(3)44(53)29(61-43)15-26-24-7-6-22-14-23(9-11-41(22,4)25(24)10-12-42(26,44)5)56-40-37(60-38-34(51)32(49)30(47)20(2)55-38)35(52)36(28(17-46)58-40)59-39-33(50)31(48)27(16-45)57-39/h6,19-21,23-40,45-53H,7-18H2,1-5H3/t19-,20+,21-,23+,24-,25+,26-,27+,28-,29+,30+,31+,32-,33-,34-,35+,36-,37-,38+,39+,40-,41+,42+,43-,44-/m1/s1. The third kappa shape index (κ3) is 6.97. The minimum absolute atomic E-state index is 0.109. The summed E-state index contributed by atoms with van der Waals surface area (Å²) in [7, 11) is 0. The molecule has 9 N–H and O–H groups in total. The first kappa shape index (κ1) is 45.2. The maximum atomic E-state index is 12.8. The molecule has 8 fully saturated rings. The highest BCUT2D eigenvalue weighted by atomic mass is 16.8. The number of allylic oxidation sites excluding steroid dienone is 1. The molecule has 61 heavy (non-hydrogen) atoms. The van der Waals surface area contributed by atoms with E-state index in [0.29, 0.717) is 43.1 Å². The lowest BCUT2D eigenvalue weighted by atomic mass is 9.46. The van der Waals surface area contributed by atoms with Gasteiger partial charge in [0.25, 0.3) is 0 Å². The molecule has 4 aliphatic carbocycles. The van der Waals surface area contributed by atoms with Crippen LogP contribution in [0.25, 0.3) is 0 Å². The summed E-state index contributed by atoms with van der Waals surface area (Å²) in [5.74, 6) is 0.693. The number of rotatable bonds is 8. The smallest absolute Gasteiger partial charge is 0.187 e. The summed E-state index contributed by atoms with van der Waals surface area (Å²) in [6, 6.07) is 0. The second-order valence-electron chi connectivity index (χ2n) is 20.7. The lowest BCUT2D eigenvalue weighted by molar-refractivity contribution is -0.380. The van der Waals surface area contributed by atoms with Crippen molar-refractivity contribution in [2.75, 3.05) is 19.8 Å². The van der Waals surface area contributed by atoms with E-state index >= 15 is 0 Å². The summed E-state index contributed by atoms with van der Waals surface area (Å²) in [4.78, 5) is 0. The maximum Gasteiger partial charge on any atom is 0.187 e. The molecule has 0 aromatic heterocycles. The molecule has 9 aliphatic rings. The molecule has 0 unspecified atom stereocenters. The SMILES string of the molecule is C[C@@H]1CC[C@@]2(OC1)O[C@H]1C[C@@H]3[C@@H]4CC=C5C[C@@H](O[C@@H]6O[C@H](CO)[C@@H](O[C@@H]7O[C@@H](CO)[C@H](O)[C@H]7O)[C@H](O)[C@H]6O[C@@H]6O[C@@H](C)[C@H](O)[C@@H](O)[C@H]6O)CC[C@]5(C)[C@H]4CC[C@]3(C)[C@@]1(O)[C@@H]2C. The zero-order chi connectivity index (χ0) is 43.6. The molecule has 5 heterocycles. The first-order valence-electron chi connectivity index (χ1n) is 22.9. The van der Waals surface area contributed by atoms with Crippen LogP contribution in [0.4, 0.5) is 0 Å². The van der Waals surface area contributed by atoms with Crippen LogP contribution in [0.15, 0.2) is 11.6 Å². The van der Waals surface area contributed by atoms with E-state index in [0.717, 1.165) is 44.9 Å². The Kier molecular flexibility index (Phi) is 12.2. The van der Waals surface area contributed by atoms with Gasteiger partial charge in [-0.05, 0) is 87.4 Å². The molecule has 5 saturated heterocycles. The molecule has 0 aromatic rings. The Morgan fingerprint density at radius 1 is 0.705 bits per heavy atom. The summed E-state index contributed by atoms with van der Waals surface area (Å²) in [6.07, 6.45) is -11.0. The Morgan fingerprint density at radius 3 is 2.08 bits per heavy atom. The van der Waals surface area contributed by atoms with Crippen molar-refractivity contribution in [3.05, 3.63) is 11.6 Å². The quantitative estimate of drug-likeness (QED) is 0.145. The minimum atomic E-state index is -1.72. The fraction of sp³-hybridized carbons (Fsp3) is 0.955. The van der Waals surface area contributed by atoms with Crippen LogP contribution in [0, 0.1) is 40.4 Å². The Labute approximate surface area is 357 Å². The van der Waals surface area contributed by atoms with Crippen LogP contribution in [0.2, 0.25) is 0 Å². The van der Waals surface area contributed by atoms with Crippen molar-refractivity contribution in [2.45, 2.75) is 202 Å². The highest BCUT2D eigenvalue weighted by Gasteiger charge is 2.76. The lowest BCUT2D eigenvalue weighted by Gasteiger charge is -2.60. The molecule has 0 aromatic carbocycles. The Morgan fingerprint density at radius 2 is 1.39 bits per heavy atom. The van der Waals surface area contributed by atoms with Gasteiger partial charge in [0.2, 0.25) is 0 Å². The number of aliphatic hydroxyl groups is 9. The third-order valence-electron chi connectivity index (χ3n) is 17.6. The van der Waals surface area contributed by atoms with Crippen LogP contribution in [-0.2, 0) is 37.9 Å². The topological polar surface area (TPSA) is 256 Å². The van der Waals surface area contributed by atoms with E-state index in [4.69, 9.17) is 37.9 Å². The second-order valence-corrected chi connectivity index (χ2v) is 20.7. The zero-order valence-corrected chi connectivity index (χ0v) is 36.0. The van der Waals surface area contributed by atoms with Crippen LogP contribution in [0.5, 0.6) is 0 Å². The average Bonchev–Trinajstić information content (AvgIpc) is 3.74. The Balaban J connectivity index is 0.922. The van der Waals surface area contributed by atoms with Crippen molar-refractivity contribution in [3.8, 4) is 0 Å². The zero-order valence-electron chi connectivity index (χ0n) is 36.0. The van der Waals surface area contributed by atoms with Gasteiger partial charge in [-0.25, -0.2) is 0 Å². The summed E-state index contributed by atoms with van der Waals surface area (Å²) < 4.78 is 49.5. The van der Waals surface area contributed by atoms with Gasteiger partial charge in [-0.15, -0.1) is 0 Å². The van der Waals surface area contributed by atoms with E-state index in [-0.39, 0.29) is 22.9 Å². The molecular formula is C44H70O17. The summed E-state index contributed by atoms with van der Waals surface area (Å²) in [5.41, 5.74) is -0.100. The van der Waals surface area contributed by atoms with E-state index in [9.17, 15) is 46.0 Å². The van der Waals surface area contributed by atoms with Gasteiger partial charge in [0.15, 0.2) is 24.7 Å². The fourth-order valence-electron chi connectivity index (χ4n) is 13.8. The van der Waals surface area contributed by atoms with Gasteiger partial charge < -0.3 is 83.9 Å². The van der Waals surface area contributed by atoms with Crippen molar-refractivity contribution in [2.24, 2.45) is 40.4 Å². The molecule has 5 aliphatic heterocycles. The van der Waals surface area contributed by atoms with Crippen LogP contribution < -0.4 is 0 Å². The van der Waals surface area contributed by atoms with Crippen LogP contribution in [-0.4, -0.2) is 175 Å². The molecule has 0 amide bonds. The number of hydrogen-bond donors (Lipinski definition) is 9. The Hall–Kier alpha value is -0.940. The molecule has 9 rings (SSSR count). The van der Waals surface area contributed by atoms with Crippen LogP contribution >= 0.6 is 0 Å². The first-order chi connectivity index (χ1) is 28.9. The van der Waals surface area contributed by atoms with Crippen molar-refractivity contribution >= 4 is 0 Å². The highest BCUT2D eigenvalue weighted by molar-refractivity contribution is 5.29. The van der Waals surface area contributed by atoms with Gasteiger partial charge in [-0.2, -0.15) is 0 Å². The fourth-order valence-corrected chi connectivity index (χ4v) is 13.8. The highest BCUT2D eigenvalue weighted by Crippen LogP contribution is 2.72. The predicted molar refractivity (Wildman–Crippen MR) is 210 cm³/mol. The van der Waals surface area contributed by atoms with E-state index in [1.807, 2.05) is 0 Å². The molecular weight excluding hydrogens is 800 g/mol. The van der Waals surface area contributed by atoms with E-state index < -0.39 is 117 Å². The third-order valence-corrected chi connectivity index (χ3v) is 17.6. The predicted octanol–water partition coefficient (Wildman–Crippen LogP) is -0.0319. The molecule has 17 nitrogen and oxygen atoms in total. The normalized spacial score (nSPS) is 58.2. The van der Waals surface area contributed by atoms with Crippen molar-refractivity contribution < 1.29 is 83.9 Å². The largest absolute Gasteiger partial charge is 0.394 e. The van der Waals surface area contributed by atoms with Crippen molar-refractivity contribution in [1.29, 1.82) is 0 Å². The number of aliphatic hydroxyl groups excluding tert-OH is 8. The summed E-state index contributed by atoms with van der Waals surface area (Å²) in [6.45, 7) is 9.89. The lowest BCUT2D eigenvalue weighted by Crippen LogP contribution is -2.65. The number of hydrogen-bond acceptors (Lipinski definition) is 17. The van der Waals surface area contributed by atoms with Crippen LogP contribution in [0.1, 0.15) is 92.4 Å². The van der Waals surface area contributed by atoms with E-state index in [1.54, 1.807) is 0 Å². The molecule has 3 saturated carbocycles. The van der Waals surface area contributed by atoms with Crippen molar-refractivity contribution in [3.63, 3.8) is 0 Å². The minimum Gasteiger partial charge on any atom is -0.394 e. The van der Waals surface area contributed by atoms with Gasteiger partial charge in [0, 0.05) is 17.8 Å². The second kappa shape index (κ2) is 16.4. The molecule has 25 atom stereocenters. The average molecular weight is 871 g/mol. The monoisotopic (exact) mass is 870 g/mol. The molecule has 1 spiro atoms. The Bertz CT molecular complexity index is 1610.